The Morgan fingerprint density at radius 2 is 1.95 bits per heavy atom. The van der Waals surface area contributed by atoms with E-state index in [-0.39, 0.29) is 0 Å². The molecule has 1 N–H and O–H groups in total. The molecule has 0 amide bonds. The molecule has 19 heavy (non-hydrogen) atoms. The fraction of sp³-hybridized carbons (Fsp3) is 0.267. The van der Waals surface area contributed by atoms with Crippen LogP contribution in [0.5, 0.6) is 17.2 Å². The van der Waals surface area contributed by atoms with Crippen molar-refractivity contribution in [2.75, 3.05) is 19.0 Å². The smallest absolute Gasteiger partial charge is 0.169 e. The summed E-state index contributed by atoms with van der Waals surface area (Å²) in [4.78, 5) is 4.15. The van der Waals surface area contributed by atoms with Crippen molar-refractivity contribution in [3.8, 4) is 17.2 Å². The van der Waals surface area contributed by atoms with Gasteiger partial charge in [-0.25, -0.2) is 4.98 Å². The van der Waals surface area contributed by atoms with Crippen molar-refractivity contribution in [2.24, 2.45) is 0 Å². The first-order valence-electron chi connectivity index (χ1n) is 6.37. The van der Waals surface area contributed by atoms with Crippen LogP contribution in [0.2, 0.25) is 0 Å². The van der Waals surface area contributed by atoms with Crippen LogP contribution < -0.4 is 14.8 Å². The van der Waals surface area contributed by atoms with E-state index in [9.17, 15) is 0 Å². The van der Waals surface area contributed by atoms with E-state index in [4.69, 9.17) is 9.47 Å². The number of hydrogen-bond donors (Lipinski definition) is 1. The van der Waals surface area contributed by atoms with Crippen molar-refractivity contribution in [3.05, 3.63) is 42.6 Å². The molecule has 2 rings (SSSR count). The Balaban J connectivity index is 2.17. The van der Waals surface area contributed by atoms with Gasteiger partial charge in [0.1, 0.15) is 11.6 Å². The van der Waals surface area contributed by atoms with E-state index >= 15 is 0 Å². The van der Waals surface area contributed by atoms with E-state index in [1.54, 1.807) is 6.20 Å². The summed E-state index contributed by atoms with van der Waals surface area (Å²) in [6.45, 7) is 2.75. The van der Waals surface area contributed by atoms with Gasteiger partial charge >= 0.3 is 0 Å². The Labute approximate surface area is 113 Å². The number of ether oxygens (including phenoxy) is 2. The monoisotopic (exact) mass is 258 g/mol. The van der Waals surface area contributed by atoms with Crippen LogP contribution in [-0.2, 0) is 0 Å². The number of nitrogens with zero attached hydrogens (tertiary/aromatic N) is 1. The number of aromatic nitrogens is 1. The van der Waals surface area contributed by atoms with E-state index in [0.29, 0.717) is 12.4 Å². The van der Waals surface area contributed by atoms with Crippen LogP contribution in [0.4, 0.5) is 5.82 Å². The highest BCUT2D eigenvalue weighted by Gasteiger charge is 2.05. The van der Waals surface area contributed by atoms with Crippen LogP contribution in [0.25, 0.3) is 0 Å². The molecular weight excluding hydrogens is 240 g/mol. The Bertz CT molecular complexity index is 529. The van der Waals surface area contributed by atoms with E-state index in [2.05, 4.69) is 17.2 Å². The van der Waals surface area contributed by atoms with Gasteiger partial charge in [-0.1, -0.05) is 19.1 Å². The lowest BCUT2D eigenvalue weighted by Crippen LogP contribution is -1.97. The summed E-state index contributed by atoms with van der Waals surface area (Å²) in [5.41, 5.74) is 0. The molecule has 4 heteroatoms. The summed E-state index contributed by atoms with van der Waals surface area (Å²) in [6, 6.07) is 11.3. The minimum atomic E-state index is 0.679. The predicted molar refractivity (Wildman–Crippen MR) is 76.1 cm³/mol. The molecule has 1 aromatic carbocycles. The zero-order valence-electron chi connectivity index (χ0n) is 11.2. The van der Waals surface area contributed by atoms with Gasteiger partial charge in [0.15, 0.2) is 11.5 Å². The first-order valence-corrected chi connectivity index (χ1v) is 6.37. The van der Waals surface area contributed by atoms with E-state index in [1.165, 1.54) is 0 Å². The minimum absolute atomic E-state index is 0.679. The summed E-state index contributed by atoms with van der Waals surface area (Å²) in [6.07, 6.45) is 2.67. The number of rotatable bonds is 6. The van der Waals surface area contributed by atoms with Gasteiger partial charge in [-0.2, -0.15) is 0 Å². The van der Waals surface area contributed by atoms with Crippen molar-refractivity contribution in [2.45, 2.75) is 13.3 Å². The lowest BCUT2D eigenvalue weighted by atomic mass is 10.3. The summed E-state index contributed by atoms with van der Waals surface area (Å²) in [7, 11) is 1.82. The Hall–Kier alpha value is -2.23. The number of nitrogens with one attached hydrogen (secondary N) is 1. The van der Waals surface area contributed by atoms with E-state index in [1.807, 2.05) is 43.4 Å². The fourth-order valence-corrected chi connectivity index (χ4v) is 1.60. The second-order valence-electron chi connectivity index (χ2n) is 4.02. The maximum absolute atomic E-state index is 5.84. The molecule has 0 aliphatic carbocycles. The van der Waals surface area contributed by atoms with Crippen molar-refractivity contribution >= 4 is 5.82 Å². The van der Waals surface area contributed by atoms with Crippen LogP contribution in [-0.4, -0.2) is 18.6 Å². The van der Waals surface area contributed by atoms with Crippen LogP contribution in [0, 0.1) is 0 Å². The molecule has 2 aromatic rings. The van der Waals surface area contributed by atoms with E-state index in [0.717, 1.165) is 23.7 Å². The highest BCUT2D eigenvalue weighted by Crippen LogP contribution is 2.31. The third kappa shape index (κ3) is 3.61. The van der Waals surface area contributed by atoms with Crippen LogP contribution in [0.15, 0.2) is 42.6 Å². The first kappa shape index (κ1) is 13.2. The molecule has 0 unspecified atom stereocenters. The van der Waals surface area contributed by atoms with Gasteiger partial charge in [-0.15, -0.1) is 0 Å². The molecule has 0 bridgehead atoms. The molecular formula is C15H18N2O2. The Kier molecular flexibility index (Phi) is 4.61. The highest BCUT2D eigenvalue weighted by molar-refractivity contribution is 5.45. The maximum atomic E-state index is 5.84. The molecule has 0 radical (unpaired) electrons. The summed E-state index contributed by atoms with van der Waals surface area (Å²) >= 11 is 0. The van der Waals surface area contributed by atoms with Gasteiger partial charge in [-0.05, 0) is 24.6 Å². The fourth-order valence-electron chi connectivity index (χ4n) is 1.60. The number of anilines is 1. The molecule has 0 aliphatic heterocycles. The summed E-state index contributed by atoms with van der Waals surface area (Å²) < 4.78 is 11.5. The lowest BCUT2D eigenvalue weighted by molar-refractivity contribution is 0.302. The topological polar surface area (TPSA) is 43.4 Å². The number of benzene rings is 1. The number of para-hydroxylation sites is 2. The predicted octanol–water partition coefficient (Wildman–Crippen LogP) is 3.70. The Morgan fingerprint density at radius 1 is 1.16 bits per heavy atom. The second kappa shape index (κ2) is 6.64. The molecule has 4 nitrogen and oxygen atoms in total. The molecule has 0 atom stereocenters. The average Bonchev–Trinajstić information content (AvgIpc) is 2.46. The Morgan fingerprint density at radius 3 is 2.68 bits per heavy atom. The molecule has 0 spiro atoms. The van der Waals surface area contributed by atoms with Crippen molar-refractivity contribution in [1.82, 2.24) is 4.98 Å². The highest BCUT2D eigenvalue weighted by atomic mass is 16.5. The van der Waals surface area contributed by atoms with Gasteiger partial charge in [-0.3, -0.25) is 0 Å². The number of hydrogen-bond acceptors (Lipinski definition) is 4. The quantitative estimate of drug-likeness (QED) is 0.857. The third-order valence-electron chi connectivity index (χ3n) is 2.53. The third-order valence-corrected chi connectivity index (χ3v) is 2.53. The molecule has 1 heterocycles. The second-order valence-corrected chi connectivity index (χ2v) is 4.02. The lowest BCUT2D eigenvalue weighted by Gasteiger charge is -2.12. The zero-order chi connectivity index (χ0) is 13.5. The number of pyridine rings is 1. The largest absolute Gasteiger partial charge is 0.490 e. The van der Waals surface area contributed by atoms with E-state index < -0.39 is 0 Å². The molecule has 0 saturated heterocycles. The molecule has 0 saturated carbocycles. The summed E-state index contributed by atoms with van der Waals surface area (Å²) in [5, 5.41) is 2.98. The van der Waals surface area contributed by atoms with Crippen LogP contribution in [0.1, 0.15) is 13.3 Å². The minimum Gasteiger partial charge on any atom is -0.490 e. The normalized spacial score (nSPS) is 10.0. The maximum Gasteiger partial charge on any atom is 0.169 e. The van der Waals surface area contributed by atoms with Crippen molar-refractivity contribution < 1.29 is 9.47 Å². The SMILES string of the molecule is CCCOc1ccccc1Oc1ccnc(NC)c1. The molecule has 0 aliphatic rings. The molecule has 1 aromatic heterocycles. The zero-order valence-corrected chi connectivity index (χ0v) is 11.2. The standard InChI is InChI=1S/C15H18N2O2/c1-3-10-18-13-6-4-5-7-14(13)19-12-8-9-17-15(11-12)16-2/h4-9,11H,3,10H2,1-2H3,(H,16,17). The van der Waals surface area contributed by atoms with Crippen molar-refractivity contribution in [3.63, 3.8) is 0 Å². The van der Waals surface area contributed by atoms with Crippen molar-refractivity contribution in [1.29, 1.82) is 0 Å². The molecule has 0 fully saturated rings. The first-order chi connectivity index (χ1) is 9.33. The average molecular weight is 258 g/mol. The van der Waals surface area contributed by atoms with Gasteiger partial charge < -0.3 is 14.8 Å². The summed E-state index contributed by atoms with van der Waals surface area (Å²) in [5.74, 6) is 2.97. The molecule has 100 valence electrons. The van der Waals surface area contributed by atoms with Crippen LogP contribution >= 0.6 is 0 Å². The van der Waals surface area contributed by atoms with Gasteiger partial charge in [0.25, 0.3) is 0 Å². The van der Waals surface area contributed by atoms with Gasteiger partial charge in [0.05, 0.1) is 6.61 Å². The van der Waals surface area contributed by atoms with Gasteiger partial charge in [0.2, 0.25) is 0 Å². The van der Waals surface area contributed by atoms with Crippen LogP contribution in [0.3, 0.4) is 0 Å². The van der Waals surface area contributed by atoms with Gasteiger partial charge in [0, 0.05) is 19.3 Å².